The van der Waals surface area contributed by atoms with Crippen LogP contribution in [0.3, 0.4) is 0 Å². The molecule has 0 aliphatic rings. The molecule has 0 bridgehead atoms. The van der Waals surface area contributed by atoms with E-state index in [1.54, 1.807) is 6.08 Å². The van der Waals surface area contributed by atoms with E-state index in [1.165, 1.54) is 0 Å². The third-order valence-electron chi connectivity index (χ3n) is 1.82. The summed E-state index contributed by atoms with van der Waals surface area (Å²) in [6, 6.07) is 3.79. The maximum Gasteiger partial charge on any atom is 0.234 e. The lowest BCUT2D eigenvalue weighted by Crippen LogP contribution is -2.33. The van der Waals surface area contributed by atoms with Gasteiger partial charge in [-0.2, -0.15) is 0 Å². The quantitative estimate of drug-likeness (QED) is 0.685. The van der Waals surface area contributed by atoms with Crippen molar-refractivity contribution in [2.24, 2.45) is 0 Å². The smallest absolute Gasteiger partial charge is 0.234 e. The Morgan fingerprint density at radius 2 is 2.40 bits per heavy atom. The summed E-state index contributed by atoms with van der Waals surface area (Å²) in [7, 11) is 0. The van der Waals surface area contributed by atoms with Gasteiger partial charge in [-0.15, -0.1) is 6.58 Å². The second-order valence-corrected chi connectivity index (χ2v) is 3.21. The molecule has 2 N–H and O–H groups in total. The van der Waals surface area contributed by atoms with Gasteiger partial charge in [0.05, 0.1) is 13.1 Å². The third kappa shape index (κ3) is 4.46. The van der Waals surface area contributed by atoms with E-state index >= 15 is 0 Å². The number of hydrogen-bond acceptors (Lipinski definition) is 3. The molecule has 15 heavy (non-hydrogen) atoms. The van der Waals surface area contributed by atoms with Gasteiger partial charge in [-0.3, -0.25) is 4.79 Å². The van der Waals surface area contributed by atoms with Gasteiger partial charge in [0.25, 0.3) is 0 Å². The molecular weight excluding hydrogens is 192 g/mol. The fourth-order valence-electron chi connectivity index (χ4n) is 1.13. The van der Waals surface area contributed by atoms with E-state index in [-0.39, 0.29) is 12.5 Å². The molecule has 4 nitrogen and oxygen atoms in total. The molecule has 0 aromatic carbocycles. The van der Waals surface area contributed by atoms with Crippen LogP contribution in [0.1, 0.15) is 11.5 Å². The van der Waals surface area contributed by atoms with Crippen molar-refractivity contribution in [2.75, 3.05) is 13.1 Å². The molecule has 0 spiro atoms. The minimum Gasteiger partial charge on any atom is -0.465 e. The van der Waals surface area contributed by atoms with E-state index in [4.69, 9.17) is 4.42 Å². The van der Waals surface area contributed by atoms with Crippen LogP contribution in [0.25, 0.3) is 0 Å². The van der Waals surface area contributed by atoms with Crippen LogP contribution < -0.4 is 10.6 Å². The summed E-state index contributed by atoms with van der Waals surface area (Å²) in [5, 5.41) is 5.66. The second-order valence-electron chi connectivity index (χ2n) is 3.21. The van der Waals surface area contributed by atoms with Crippen molar-refractivity contribution in [3.63, 3.8) is 0 Å². The predicted molar refractivity (Wildman–Crippen MR) is 58.4 cm³/mol. The lowest BCUT2D eigenvalue weighted by molar-refractivity contribution is -0.120. The van der Waals surface area contributed by atoms with Gasteiger partial charge in [-0.1, -0.05) is 6.08 Å². The highest BCUT2D eigenvalue weighted by atomic mass is 16.3. The lowest BCUT2D eigenvalue weighted by Gasteiger charge is -2.02. The molecule has 0 aliphatic heterocycles. The number of furan rings is 1. The Bertz CT molecular complexity index is 331. The minimum absolute atomic E-state index is 0.0434. The summed E-state index contributed by atoms with van der Waals surface area (Å²) in [6.07, 6.45) is 1.65. The monoisotopic (exact) mass is 208 g/mol. The lowest BCUT2D eigenvalue weighted by atomic mass is 10.4. The zero-order valence-electron chi connectivity index (χ0n) is 8.88. The molecule has 82 valence electrons. The van der Waals surface area contributed by atoms with Crippen LogP contribution >= 0.6 is 0 Å². The molecule has 1 rings (SSSR count). The molecular formula is C11H16N2O2. The van der Waals surface area contributed by atoms with Gasteiger partial charge in [-0.05, 0) is 19.1 Å². The van der Waals surface area contributed by atoms with Gasteiger partial charge in [-0.25, -0.2) is 0 Å². The SMILES string of the molecule is C=CCNC(=O)CNCc1ccc(C)o1. The molecule has 0 atom stereocenters. The summed E-state index contributed by atoms with van der Waals surface area (Å²) in [6.45, 7) is 6.75. The zero-order valence-corrected chi connectivity index (χ0v) is 8.88. The Balaban J connectivity index is 2.16. The normalized spacial score (nSPS) is 9.93. The molecule has 1 amide bonds. The van der Waals surface area contributed by atoms with Crippen LogP contribution in [0.2, 0.25) is 0 Å². The Morgan fingerprint density at radius 3 is 3.00 bits per heavy atom. The standard InChI is InChI=1S/C11H16N2O2/c1-3-6-13-11(14)8-12-7-10-5-4-9(2)15-10/h3-5,12H,1,6-8H2,2H3,(H,13,14). The average molecular weight is 208 g/mol. The van der Waals surface area contributed by atoms with Gasteiger partial charge in [0.2, 0.25) is 5.91 Å². The van der Waals surface area contributed by atoms with Crippen molar-refractivity contribution in [1.82, 2.24) is 10.6 Å². The second kappa shape index (κ2) is 6.03. The summed E-state index contributed by atoms with van der Waals surface area (Å²) < 4.78 is 5.34. The molecule has 0 aliphatic carbocycles. The van der Waals surface area contributed by atoms with Gasteiger partial charge in [0, 0.05) is 6.54 Å². The van der Waals surface area contributed by atoms with Crippen LogP contribution in [0.5, 0.6) is 0 Å². The predicted octanol–water partition coefficient (Wildman–Crippen LogP) is 0.980. The topological polar surface area (TPSA) is 54.3 Å². The first kappa shape index (κ1) is 11.5. The number of amides is 1. The van der Waals surface area contributed by atoms with Crippen molar-refractivity contribution >= 4 is 5.91 Å². The van der Waals surface area contributed by atoms with E-state index < -0.39 is 0 Å². The highest BCUT2D eigenvalue weighted by molar-refractivity contribution is 5.78. The number of hydrogen-bond donors (Lipinski definition) is 2. The molecule has 4 heteroatoms. The fourth-order valence-corrected chi connectivity index (χ4v) is 1.13. The largest absolute Gasteiger partial charge is 0.465 e. The molecule has 0 saturated carbocycles. The van der Waals surface area contributed by atoms with Gasteiger partial charge >= 0.3 is 0 Å². The molecule has 1 aromatic heterocycles. The van der Waals surface area contributed by atoms with Crippen molar-refractivity contribution in [2.45, 2.75) is 13.5 Å². The molecule has 0 unspecified atom stereocenters. The van der Waals surface area contributed by atoms with Crippen molar-refractivity contribution in [3.8, 4) is 0 Å². The van der Waals surface area contributed by atoms with Crippen molar-refractivity contribution in [3.05, 3.63) is 36.3 Å². The Labute approximate surface area is 89.4 Å². The molecule has 0 fully saturated rings. The van der Waals surface area contributed by atoms with Crippen LogP contribution in [0, 0.1) is 6.92 Å². The number of carbonyl (C=O) groups excluding carboxylic acids is 1. The molecule has 1 heterocycles. The average Bonchev–Trinajstić information content (AvgIpc) is 2.61. The Hall–Kier alpha value is -1.55. The van der Waals surface area contributed by atoms with E-state index in [9.17, 15) is 4.79 Å². The number of carbonyl (C=O) groups is 1. The Kier molecular flexibility index (Phi) is 4.63. The maximum absolute atomic E-state index is 11.1. The number of nitrogens with one attached hydrogen (secondary N) is 2. The fraction of sp³-hybridized carbons (Fsp3) is 0.364. The zero-order chi connectivity index (χ0) is 11.1. The Morgan fingerprint density at radius 1 is 1.60 bits per heavy atom. The highest BCUT2D eigenvalue weighted by Gasteiger charge is 2.00. The first-order chi connectivity index (χ1) is 7.22. The van der Waals surface area contributed by atoms with Crippen molar-refractivity contribution in [1.29, 1.82) is 0 Å². The summed E-state index contributed by atoms with van der Waals surface area (Å²) in [5.74, 6) is 1.67. The van der Waals surface area contributed by atoms with Crippen molar-refractivity contribution < 1.29 is 9.21 Å². The van der Waals surface area contributed by atoms with E-state index in [0.29, 0.717) is 13.1 Å². The summed E-state index contributed by atoms with van der Waals surface area (Å²) in [5.41, 5.74) is 0. The van der Waals surface area contributed by atoms with E-state index in [0.717, 1.165) is 11.5 Å². The first-order valence-corrected chi connectivity index (χ1v) is 4.86. The molecule has 0 saturated heterocycles. The van der Waals surface area contributed by atoms with Gasteiger partial charge < -0.3 is 15.1 Å². The molecule has 0 radical (unpaired) electrons. The minimum atomic E-state index is -0.0434. The van der Waals surface area contributed by atoms with E-state index in [2.05, 4.69) is 17.2 Å². The van der Waals surface area contributed by atoms with Gasteiger partial charge in [0.1, 0.15) is 11.5 Å². The maximum atomic E-state index is 11.1. The number of aryl methyl sites for hydroxylation is 1. The van der Waals surface area contributed by atoms with E-state index in [1.807, 2.05) is 19.1 Å². The third-order valence-corrected chi connectivity index (χ3v) is 1.82. The van der Waals surface area contributed by atoms with Crippen LogP contribution in [0.15, 0.2) is 29.2 Å². The first-order valence-electron chi connectivity index (χ1n) is 4.86. The number of rotatable bonds is 6. The summed E-state index contributed by atoms with van der Waals surface area (Å²) in [4.78, 5) is 11.1. The van der Waals surface area contributed by atoms with Crippen LogP contribution in [-0.4, -0.2) is 19.0 Å². The highest BCUT2D eigenvalue weighted by Crippen LogP contribution is 2.04. The van der Waals surface area contributed by atoms with Crippen LogP contribution in [-0.2, 0) is 11.3 Å². The summed E-state index contributed by atoms with van der Waals surface area (Å²) >= 11 is 0. The molecule has 1 aromatic rings. The van der Waals surface area contributed by atoms with Crippen LogP contribution in [0.4, 0.5) is 0 Å². The van der Waals surface area contributed by atoms with Gasteiger partial charge in [0.15, 0.2) is 0 Å².